The third kappa shape index (κ3) is 3.76. The Morgan fingerprint density at radius 3 is 2.36 bits per heavy atom. The van der Waals surface area contributed by atoms with Gasteiger partial charge in [0.25, 0.3) is 0 Å². The summed E-state index contributed by atoms with van der Waals surface area (Å²) in [5, 5.41) is 8.42. The number of aryl methyl sites for hydroxylation is 1. The highest BCUT2D eigenvalue weighted by Gasteiger charge is 2.36. The average molecular weight is 494 g/mol. The van der Waals surface area contributed by atoms with Crippen molar-refractivity contribution in [1.82, 2.24) is 19.2 Å². The maximum atomic E-state index is 13.9. The molecule has 7 heteroatoms. The number of rotatable bonds is 3. The molecule has 2 amide bonds. The molecule has 1 N–H and O–H groups in total. The van der Waals surface area contributed by atoms with Gasteiger partial charge in [0.2, 0.25) is 0 Å². The summed E-state index contributed by atoms with van der Waals surface area (Å²) in [6, 6.07) is 31.0. The quantitative estimate of drug-likeness (QED) is 0.302. The summed E-state index contributed by atoms with van der Waals surface area (Å²) < 4.78 is 4.12. The summed E-state index contributed by atoms with van der Waals surface area (Å²) in [5.74, 6) is 0.938. The van der Waals surface area contributed by atoms with E-state index < -0.39 is 0 Å². The predicted octanol–water partition coefficient (Wildman–Crippen LogP) is 6.76. The molecule has 5 aromatic rings. The van der Waals surface area contributed by atoms with Gasteiger partial charge in [0, 0.05) is 11.8 Å². The normalized spacial score (nSPS) is 14.6. The van der Waals surface area contributed by atoms with Crippen molar-refractivity contribution in [2.45, 2.75) is 19.5 Å². The van der Waals surface area contributed by atoms with Crippen molar-refractivity contribution in [2.75, 3.05) is 5.32 Å². The Labute approximate surface area is 214 Å². The molecule has 1 atom stereocenters. The molecule has 1 aliphatic rings. The number of carbonyl (C=O) groups is 1. The van der Waals surface area contributed by atoms with E-state index in [-0.39, 0.29) is 12.1 Å². The molecule has 3 heterocycles. The van der Waals surface area contributed by atoms with Crippen molar-refractivity contribution in [3.05, 3.63) is 131 Å². The summed E-state index contributed by atoms with van der Waals surface area (Å²) in [5.41, 5.74) is 5.40. The van der Waals surface area contributed by atoms with Crippen LogP contribution >= 0.6 is 11.6 Å². The maximum absolute atomic E-state index is 13.9. The van der Waals surface area contributed by atoms with E-state index in [1.807, 2.05) is 95.5 Å². The summed E-state index contributed by atoms with van der Waals surface area (Å²) in [4.78, 5) is 15.8. The highest BCUT2D eigenvalue weighted by Crippen LogP contribution is 2.38. The minimum Gasteiger partial charge on any atom is -0.307 e. The van der Waals surface area contributed by atoms with Gasteiger partial charge in [-0.25, -0.2) is 9.48 Å². The number of amides is 2. The topological polar surface area (TPSA) is 55.1 Å². The van der Waals surface area contributed by atoms with Gasteiger partial charge in [-0.05, 0) is 48.9 Å². The number of anilines is 1. The molecule has 3 aromatic carbocycles. The Balaban J connectivity index is 1.54. The van der Waals surface area contributed by atoms with Crippen LogP contribution in [-0.4, -0.2) is 25.3 Å². The van der Waals surface area contributed by atoms with Gasteiger partial charge in [-0.15, -0.1) is 0 Å². The lowest BCUT2D eigenvalue weighted by Gasteiger charge is -2.31. The zero-order valence-electron chi connectivity index (χ0n) is 19.7. The molecule has 0 radical (unpaired) electrons. The number of benzene rings is 3. The predicted molar refractivity (Wildman–Crippen MR) is 142 cm³/mol. The fraction of sp³-hybridized carbons (Fsp3) is 0.103. The Bertz CT molecular complexity index is 1540. The SMILES string of the molecule is Cc1nn(-c2ccccc2)c2c1CN(C(=O)Nc1ccccc1Cl)[C@@H](c1ccccc1)c1cccn1-2. The first kappa shape index (κ1) is 22.2. The van der Waals surface area contributed by atoms with E-state index in [9.17, 15) is 4.79 Å². The number of hydrogen-bond donors (Lipinski definition) is 1. The molecule has 0 aliphatic carbocycles. The monoisotopic (exact) mass is 493 g/mol. The lowest BCUT2D eigenvalue weighted by Crippen LogP contribution is -2.38. The van der Waals surface area contributed by atoms with Gasteiger partial charge in [-0.2, -0.15) is 5.10 Å². The van der Waals surface area contributed by atoms with Crippen LogP contribution in [0.1, 0.15) is 28.6 Å². The Morgan fingerprint density at radius 2 is 1.61 bits per heavy atom. The second-order valence-electron chi connectivity index (χ2n) is 8.79. The molecular formula is C29H24ClN5O. The van der Waals surface area contributed by atoms with Crippen LogP contribution in [0.3, 0.4) is 0 Å². The van der Waals surface area contributed by atoms with Gasteiger partial charge in [0.05, 0.1) is 40.4 Å². The number of nitrogens with zero attached hydrogens (tertiary/aromatic N) is 4. The second kappa shape index (κ2) is 9.06. The van der Waals surface area contributed by atoms with Gasteiger partial charge in [-0.1, -0.05) is 72.3 Å². The van der Waals surface area contributed by atoms with Crippen LogP contribution in [0.4, 0.5) is 10.5 Å². The third-order valence-electron chi connectivity index (χ3n) is 6.58. The standard InChI is InChI=1S/C29H24ClN5O/c1-20-23-19-34(29(36)31-25-16-9-8-15-24(25)30)27(21-11-4-2-5-12-21)26-17-10-18-33(26)28(23)35(32-20)22-13-6-3-7-14-22/h2-18,27H,19H2,1H3,(H,31,36)/t27-/m0/s1. The smallest absolute Gasteiger partial charge is 0.307 e. The number of urea groups is 1. The van der Waals surface area contributed by atoms with Crippen LogP contribution in [0.2, 0.25) is 5.02 Å². The largest absolute Gasteiger partial charge is 0.323 e. The number of hydrogen-bond acceptors (Lipinski definition) is 2. The first-order chi connectivity index (χ1) is 17.6. The van der Waals surface area contributed by atoms with Crippen LogP contribution in [0.15, 0.2) is 103 Å². The summed E-state index contributed by atoms with van der Waals surface area (Å²) in [6.45, 7) is 2.37. The lowest BCUT2D eigenvalue weighted by atomic mass is 10.0. The van der Waals surface area contributed by atoms with Crippen LogP contribution in [-0.2, 0) is 6.54 Å². The van der Waals surface area contributed by atoms with E-state index in [2.05, 4.69) is 28.1 Å². The number of halogens is 1. The van der Waals surface area contributed by atoms with Crippen LogP contribution in [0.25, 0.3) is 11.5 Å². The first-order valence-corrected chi connectivity index (χ1v) is 12.2. The minimum absolute atomic E-state index is 0.232. The molecule has 0 saturated carbocycles. The van der Waals surface area contributed by atoms with E-state index in [0.717, 1.165) is 34.0 Å². The fourth-order valence-electron chi connectivity index (χ4n) is 4.88. The van der Waals surface area contributed by atoms with Crippen molar-refractivity contribution in [1.29, 1.82) is 0 Å². The molecule has 36 heavy (non-hydrogen) atoms. The van der Waals surface area contributed by atoms with Crippen molar-refractivity contribution in [3.8, 4) is 11.5 Å². The van der Waals surface area contributed by atoms with Crippen LogP contribution in [0, 0.1) is 6.92 Å². The number of nitrogens with one attached hydrogen (secondary N) is 1. The molecule has 0 unspecified atom stereocenters. The first-order valence-electron chi connectivity index (χ1n) is 11.8. The number of aromatic nitrogens is 3. The molecule has 2 aromatic heterocycles. The molecule has 0 spiro atoms. The Morgan fingerprint density at radius 1 is 0.917 bits per heavy atom. The molecular weight excluding hydrogens is 470 g/mol. The molecule has 6 rings (SSSR count). The van der Waals surface area contributed by atoms with E-state index in [1.165, 1.54) is 0 Å². The van der Waals surface area contributed by atoms with E-state index >= 15 is 0 Å². The molecule has 0 saturated heterocycles. The summed E-state index contributed by atoms with van der Waals surface area (Å²) in [6.07, 6.45) is 2.04. The number of para-hydroxylation sites is 2. The number of carbonyl (C=O) groups excluding carboxylic acids is 1. The zero-order valence-corrected chi connectivity index (χ0v) is 20.4. The van der Waals surface area contributed by atoms with E-state index in [0.29, 0.717) is 17.3 Å². The molecule has 6 nitrogen and oxygen atoms in total. The minimum atomic E-state index is -0.320. The molecule has 1 aliphatic heterocycles. The summed E-state index contributed by atoms with van der Waals surface area (Å²) >= 11 is 6.38. The zero-order chi connectivity index (χ0) is 24.6. The maximum Gasteiger partial charge on any atom is 0.323 e. The van der Waals surface area contributed by atoms with Gasteiger partial charge in [0.15, 0.2) is 0 Å². The molecule has 0 bridgehead atoms. The Kier molecular flexibility index (Phi) is 5.58. The highest BCUT2D eigenvalue weighted by molar-refractivity contribution is 6.33. The van der Waals surface area contributed by atoms with Crippen LogP contribution in [0.5, 0.6) is 0 Å². The van der Waals surface area contributed by atoms with Crippen LogP contribution < -0.4 is 5.32 Å². The third-order valence-corrected chi connectivity index (χ3v) is 6.91. The van der Waals surface area contributed by atoms with Crippen molar-refractivity contribution < 1.29 is 4.79 Å². The summed E-state index contributed by atoms with van der Waals surface area (Å²) in [7, 11) is 0. The van der Waals surface area contributed by atoms with E-state index in [4.69, 9.17) is 16.7 Å². The second-order valence-corrected chi connectivity index (χ2v) is 9.20. The lowest BCUT2D eigenvalue weighted by molar-refractivity contribution is 0.194. The van der Waals surface area contributed by atoms with Gasteiger partial charge in [0.1, 0.15) is 5.82 Å². The van der Waals surface area contributed by atoms with Crippen molar-refractivity contribution in [3.63, 3.8) is 0 Å². The van der Waals surface area contributed by atoms with Gasteiger partial charge < -0.3 is 14.8 Å². The highest BCUT2D eigenvalue weighted by atomic mass is 35.5. The molecule has 178 valence electrons. The average Bonchev–Trinajstić information content (AvgIpc) is 3.47. The van der Waals surface area contributed by atoms with Crippen molar-refractivity contribution in [2.24, 2.45) is 0 Å². The molecule has 0 fully saturated rings. The van der Waals surface area contributed by atoms with Crippen molar-refractivity contribution >= 4 is 23.3 Å². The fourth-order valence-corrected chi connectivity index (χ4v) is 5.07. The van der Waals surface area contributed by atoms with Gasteiger partial charge >= 0.3 is 6.03 Å². The van der Waals surface area contributed by atoms with E-state index in [1.54, 1.807) is 6.07 Å². The number of fused-ring (bicyclic) bond motifs is 3. The van der Waals surface area contributed by atoms with Gasteiger partial charge in [-0.3, -0.25) is 0 Å². The Hall–Kier alpha value is -4.29.